The van der Waals surface area contributed by atoms with Gasteiger partial charge in [-0.3, -0.25) is 9.69 Å². The molecule has 10 heteroatoms. The summed E-state index contributed by atoms with van der Waals surface area (Å²) in [6, 6.07) is 33.2. The van der Waals surface area contributed by atoms with Crippen molar-refractivity contribution in [3.05, 3.63) is 153 Å². The maximum Gasteiger partial charge on any atom is 0.246 e. The Morgan fingerprint density at radius 3 is 2.31 bits per heavy atom. The second kappa shape index (κ2) is 17.4. The summed E-state index contributed by atoms with van der Waals surface area (Å²) >= 11 is 12.9. The third-order valence-electron chi connectivity index (χ3n) is 9.53. The van der Waals surface area contributed by atoms with Crippen molar-refractivity contribution in [1.82, 2.24) is 19.8 Å². The molecule has 0 bridgehead atoms. The lowest BCUT2D eigenvalue weighted by atomic mass is 10.0. The fourth-order valence-corrected chi connectivity index (χ4v) is 6.89. The molecule has 1 aliphatic heterocycles. The number of piperazine rings is 1. The summed E-state index contributed by atoms with van der Waals surface area (Å²) in [7, 11) is 0. The van der Waals surface area contributed by atoms with Crippen LogP contribution in [0.2, 0.25) is 10.0 Å². The highest BCUT2D eigenvalue weighted by Gasteiger charge is 2.20. The number of hydrogen-bond donors (Lipinski definition) is 0. The minimum atomic E-state index is -0.0273. The van der Waals surface area contributed by atoms with Crippen LogP contribution in [0.25, 0.3) is 17.0 Å². The van der Waals surface area contributed by atoms with E-state index in [0.29, 0.717) is 58.9 Å². The van der Waals surface area contributed by atoms with Crippen LogP contribution in [0.15, 0.2) is 115 Å². The Morgan fingerprint density at radius 1 is 0.818 bits per heavy atom. The van der Waals surface area contributed by atoms with Crippen LogP contribution in [0.1, 0.15) is 47.6 Å². The molecule has 280 valence electrons. The molecule has 0 radical (unpaired) electrons. The molecule has 1 amide bonds. The van der Waals surface area contributed by atoms with Crippen molar-refractivity contribution in [2.24, 2.45) is 0 Å². The zero-order valence-corrected chi connectivity index (χ0v) is 32.6. The Bertz CT molecular complexity index is 2280. The van der Waals surface area contributed by atoms with Crippen molar-refractivity contribution in [2.45, 2.75) is 39.8 Å². The van der Waals surface area contributed by atoms with E-state index >= 15 is 0 Å². The monoisotopic (exact) mass is 772 g/mol. The van der Waals surface area contributed by atoms with Crippen LogP contribution in [0.5, 0.6) is 29.0 Å². The number of benzene rings is 4. The van der Waals surface area contributed by atoms with Gasteiger partial charge in [0.2, 0.25) is 17.7 Å². The number of ether oxygens (including phenoxy) is 3. The van der Waals surface area contributed by atoms with Crippen LogP contribution in [0, 0.1) is 6.92 Å². The molecule has 0 spiro atoms. The number of hydrogen-bond acceptors (Lipinski definition) is 7. The molecule has 0 saturated carbocycles. The molecule has 6 aromatic rings. The van der Waals surface area contributed by atoms with Gasteiger partial charge in [0.15, 0.2) is 5.75 Å². The van der Waals surface area contributed by atoms with Crippen LogP contribution in [0.3, 0.4) is 0 Å². The standard InChI is InChI=1S/C45H42Cl2N4O4/c1-30(2)34-10-13-37(14-11-34)54-43-17-12-35-25-33(8-16-41(35)49-43)28-50-20-22-51(23-21-50)44(52)19-9-32-24-31(3)45(40(47)26-32)55-42-18-15-38(27-48-42)53-29-36-6-4-5-7-39(36)46/h4-19,24-27,30H,20-23,28-29H2,1-3H3. The first kappa shape index (κ1) is 37.9. The Labute approximate surface area is 331 Å². The quantitative estimate of drug-likeness (QED) is 0.115. The molecule has 0 aliphatic carbocycles. The lowest BCUT2D eigenvalue weighted by molar-refractivity contribution is -0.127. The molecule has 7 rings (SSSR count). The predicted octanol–water partition coefficient (Wildman–Crippen LogP) is 10.9. The SMILES string of the molecule is Cc1cc(C=CC(=O)N2CCN(Cc3ccc4nc(Oc5ccc(C(C)C)cc5)ccc4c3)CC2)cc(Cl)c1Oc1ccc(OCc2ccccc2Cl)cn1. The Balaban J connectivity index is 0.881. The number of amides is 1. The number of fused-ring (bicyclic) bond motifs is 1. The fourth-order valence-electron chi connectivity index (χ4n) is 6.39. The summed E-state index contributed by atoms with van der Waals surface area (Å²) in [6.07, 6.45) is 5.00. The van der Waals surface area contributed by atoms with Gasteiger partial charge in [0.25, 0.3) is 0 Å². The topological polar surface area (TPSA) is 77.0 Å². The van der Waals surface area contributed by atoms with Gasteiger partial charge in [0.1, 0.15) is 18.1 Å². The van der Waals surface area contributed by atoms with E-state index in [-0.39, 0.29) is 5.91 Å². The van der Waals surface area contributed by atoms with Gasteiger partial charge < -0.3 is 19.1 Å². The van der Waals surface area contributed by atoms with E-state index in [1.54, 1.807) is 36.5 Å². The lowest BCUT2D eigenvalue weighted by Gasteiger charge is -2.34. The van der Waals surface area contributed by atoms with E-state index in [4.69, 9.17) is 42.4 Å². The third-order valence-corrected chi connectivity index (χ3v) is 10.2. The van der Waals surface area contributed by atoms with Crippen LogP contribution >= 0.6 is 23.2 Å². The summed E-state index contributed by atoms with van der Waals surface area (Å²) in [5, 5.41) is 2.14. The summed E-state index contributed by atoms with van der Waals surface area (Å²) < 4.78 is 17.9. The fraction of sp³-hybridized carbons (Fsp3) is 0.222. The van der Waals surface area contributed by atoms with Gasteiger partial charge in [0, 0.05) is 66.9 Å². The summed E-state index contributed by atoms with van der Waals surface area (Å²) in [5.74, 6) is 3.27. The first-order chi connectivity index (χ1) is 26.7. The summed E-state index contributed by atoms with van der Waals surface area (Å²) in [5.41, 5.74) is 5.89. The highest BCUT2D eigenvalue weighted by molar-refractivity contribution is 6.32. The van der Waals surface area contributed by atoms with Gasteiger partial charge in [-0.25, -0.2) is 9.97 Å². The van der Waals surface area contributed by atoms with Gasteiger partial charge in [-0.1, -0.05) is 73.4 Å². The smallest absolute Gasteiger partial charge is 0.246 e. The van der Waals surface area contributed by atoms with Crippen molar-refractivity contribution in [2.75, 3.05) is 26.2 Å². The number of carbonyl (C=O) groups excluding carboxylic acids is 1. The van der Waals surface area contributed by atoms with E-state index in [1.165, 1.54) is 11.1 Å². The number of nitrogens with zero attached hydrogens (tertiary/aromatic N) is 4. The molecular weight excluding hydrogens is 731 g/mol. The summed E-state index contributed by atoms with van der Waals surface area (Å²) in [4.78, 5) is 26.5. The van der Waals surface area contributed by atoms with Gasteiger partial charge >= 0.3 is 0 Å². The highest BCUT2D eigenvalue weighted by atomic mass is 35.5. The molecule has 3 heterocycles. The number of aromatic nitrogens is 2. The van der Waals surface area contributed by atoms with Crippen molar-refractivity contribution < 1.29 is 19.0 Å². The molecule has 0 N–H and O–H groups in total. The van der Waals surface area contributed by atoms with Crippen LogP contribution < -0.4 is 14.2 Å². The normalized spacial score (nSPS) is 13.5. The van der Waals surface area contributed by atoms with Crippen molar-refractivity contribution in [3.8, 4) is 29.0 Å². The Morgan fingerprint density at radius 2 is 1.58 bits per heavy atom. The molecular formula is C45H42Cl2N4O4. The maximum atomic E-state index is 13.1. The van der Waals surface area contributed by atoms with Crippen LogP contribution in [-0.2, 0) is 17.9 Å². The third kappa shape index (κ3) is 9.83. The average molecular weight is 774 g/mol. The van der Waals surface area contributed by atoms with Gasteiger partial charge in [-0.05, 0) is 95.8 Å². The molecule has 0 unspecified atom stereocenters. The Hall–Kier alpha value is -5.41. The zero-order chi connectivity index (χ0) is 38.3. The second-order valence-electron chi connectivity index (χ2n) is 13.9. The van der Waals surface area contributed by atoms with E-state index in [0.717, 1.165) is 53.0 Å². The molecule has 1 fully saturated rings. The molecule has 0 atom stereocenters. The zero-order valence-electron chi connectivity index (χ0n) is 31.0. The van der Waals surface area contributed by atoms with E-state index in [2.05, 4.69) is 54.1 Å². The lowest BCUT2D eigenvalue weighted by Crippen LogP contribution is -2.47. The first-order valence-corrected chi connectivity index (χ1v) is 19.1. The molecule has 8 nitrogen and oxygen atoms in total. The first-order valence-electron chi connectivity index (χ1n) is 18.3. The van der Waals surface area contributed by atoms with Crippen molar-refractivity contribution >= 4 is 46.1 Å². The number of rotatable bonds is 12. The number of pyridine rings is 2. The minimum Gasteiger partial charge on any atom is -0.487 e. The maximum absolute atomic E-state index is 13.1. The number of aryl methyl sites for hydroxylation is 1. The predicted molar refractivity (Wildman–Crippen MR) is 220 cm³/mol. The Kier molecular flexibility index (Phi) is 12.0. The van der Waals surface area contributed by atoms with Crippen LogP contribution in [-0.4, -0.2) is 51.9 Å². The van der Waals surface area contributed by atoms with Gasteiger partial charge in [-0.15, -0.1) is 0 Å². The minimum absolute atomic E-state index is 0.0273. The van der Waals surface area contributed by atoms with Gasteiger partial charge in [-0.2, -0.15) is 0 Å². The van der Waals surface area contributed by atoms with E-state index < -0.39 is 0 Å². The number of halogens is 2. The molecule has 1 saturated heterocycles. The van der Waals surface area contributed by atoms with E-state index in [1.807, 2.05) is 66.4 Å². The number of carbonyl (C=O) groups is 1. The second-order valence-corrected chi connectivity index (χ2v) is 14.7. The van der Waals surface area contributed by atoms with E-state index in [9.17, 15) is 4.79 Å². The highest BCUT2D eigenvalue weighted by Crippen LogP contribution is 2.34. The molecule has 4 aromatic carbocycles. The summed E-state index contributed by atoms with van der Waals surface area (Å²) in [6.45, 7) is 10.3. The largest absolute Gasteiger partial charge is 0.487 e. The molecule has 1 aliphatic rings. The van der Waals surface area contributed by atoms with Crippen LogP contribution in [0.4, 0.5) is 0 Å². The molecule has 2 aromatic heterocycles. The average Bonchev–Trinajstić information content (AvgIpc) is 3.19. The van der Waals surface area contributed by atoms with Crippen molar-refractivity contribution in [1.29, 1.82) is 0 Å². The van der Waals surface area contributed by atoms with Gasteiger partial charge in [0.05, 0.1) is 16.7 Å². The van der Waals surface area contributed by atoms with Crippen molar-refractivity contribution in [3.63, 3.8) is 0 Å². The molecule has 55 heavy (non-hydrogen) atoms.